The van der Waals surface area contributed by atoms with Crippen molar-refractivity contribution in [2.75, 3.05) is 20.8 Å². The minimum Gasteiger partial charge on any atom is -0.493 e. The number of nitrogens with zero attached hydrogens (tertiary/aromatic N) is 2. The monoisotopic (exact) mass is 515 g/mol. The van der Waals surface area contributed by atoms with Gasteiger partial charge in [0.2, 0.25) is 5.91 Å². The molecule has 7 heteroatoms. The molecule has 0 saturated heterocycles. The number of para-hydroxylation sites is 2. The minimum atomic E-state index is -0.249. The van der Waals surface area contributed by atoms with Gasteiger partial charge in [-0.1, -0.05) is 30.3 Å². The number of benzene rings is 3. The number of rotatable bonds is 12. The minimum absolute atomic E-state index is 0.0785. The van der Waals surface area contributed by atoms with E-state index in [2.05, 4.69) is 48.0 Å². The third-order valence-electron chi connectivity index (χ3n) is 6.64. The Morgan fingerprint density at radius 2 is 1.74 bits per heavy atom. The Bertz CT molecular complexity index is 1400. The quantitative estimate of drug-likeness (QED) is 0.236. The van der Waals surface area contributed by atoms with Crippen molar-refractivity contribution in [3.63, 3.8) is 0 Å². The number of carbonyl (C=O) groups is 1. The molecule has 0 fully saturated rings. The number of carbonyl (C=O) groups excluding carboxylic acids is 1. The maximum absolute atomic E-state index is 12.9. The van der Waals surface area contributed by atoms with Crippen LogP contribution in [0, 0.1) is 13.8 Å². The summed E-state index contributed by atoms with van der Waals surface area (Å²) in [6, 6.07) is 19.7. The molecule has 4 rings (SSSR count). The molecule has 1 amide bonds. The van der Waals surface area contributed by atoms with Crippen molar-refractivity contribution in [2.24, 2.45) is 0 Å². The number of aromatic nitrogens is 2. The topological polar surface area (TPSA) is 74.6 Å². The normalized spacial score (nSPS) is 11.8. The molecule has 7 nitrogen and oxygen atoms in total. The first-order valence-electron chi connectivity index (χ1n) is 13.0. The van der Waals surface area contributed by atoms with Gasteiger partial charge < -0.3 is 24.1 Å². The second-order valence-corrected chi connectivity index (χ2v) is 9.59. The number of aryl methyl sites for hydroxylation is 3. The van der Waals surface area contributed by atoms with Crippen LogP contribution in [0.15, 0.2) is 60.7 Å². The molecule has 0 aliphatic rings. The molecular weight excluding hydrogens is 478 g/mol. The lowest BCUT2D eigenvalue weighted by Crippen LogP contribution is -2.30. The van der Waals surface area contributed by atoms with Gasteiger partial charge in [0.05, 0.1) is 44.3 Å². The van der Waals surface area contributed by atoms with E-state index >= 15 is 0 Å². The van der Waals surface area contributed by atoms with Crippen LogP contribution in [0.25, 0.3) is 11.0 Å². The highest BCUT2D eigenvalue weighted by molar-refractivity contribution is 5.80. The Morgan fingerprint density at radius 1 is 0.947 bits per heavy atom. The fourth-order valence-electron chi connectivity index (χ4n) is 4.61. The first-order chi connectivity index (χ1) is 18.4. The summed E-state index contributed by atoms with van der Waals surface area (Å²) in [6.45, 7) is 7.57. The molecule has 200 valence electrons. The van der Waals surface area contributed by atoms with E-state index in [1.165, 1.54) is 5.56 Å². The molecule has 0 radical (unpaired) electrons. The van der Waals surface area contributed by atoms with E-state index in [0.29, 0.717) is 18.1 Å². The van der Waals surface area contributed by atoms with E-state index in [1.807, 2.05) is 43.3 Å². The van der Waals surface area contributed by atoms with E-state index in [-0.39, 0.29) is 18.4 Å². The predicted octanol–water partition coefficient (Wildman–Crippen LogP) is 5.95. The molecule has 1 atom stereocenters. The van der Waals surface area contributed by atoms with E-state index in [9.17, 15) is 4.79 Å². The van der Waals surface area contributed by atoms with Gasteiger partial charge in [0.25, 0.3) is 0 Å². The van der Waals surface area contributed by atoms with Crippen LogP contribution in [0.1, 0.15) is 48.3 Å². The smallest absolute Gasteiger partial charge is 0.224 e. The summed E-state index contributed by atoms with van der Waals surface area (Å²) >= 11 is 0. The average Bonchev–Trinajstić information content (AvgIpc) is 3.29. The number of ether oxygens (including phenoxy) is 3. The average molecular weight is 516 g/mol. The number of hydrogen-bond acceptors (Lipinski definition) is 5. The van der Waals surface area contributed by atoms with Gasteiger partial charge in [-0.25, -0.2) is 4.98 Å². The Kier molecular flexibility index (Phi) is 8.89. The zero-order valence-corrected chi connectivity index (χ0v) is 22.9. The van der Waals surface area contributed by atoms with Crippen LogP contribution in [-0.2, 0) is 17.8 Å². The van der Waals surface area contributed by atoms with Crippen molar-refractivity contribution in [3.8, 4) is 17.2 Å². The summed E-state index contributed by atoms with van der Waals surface area (Å²) in [6.07, 6.45) is 2.09. The Labute approximate surface area is 224 Å². The number of nitrogens with one attached hydrogen (secondary N) is 1. The largest absolute Gasteiger partial charge is 0.493 e. The molecular formula is C31H37N3O4. The Morgan fingerprint density at radius 3 is 2.53 bits per heavy atom. The van der Waals surface area contributed by atoms with Gasteiger partial charge in [-0.2, -0.15) is 0 Å². The molecule has 1 unspecified atom stereocenters. The van der Waals surface area contributed by atoms with Crippen molar-refractivity contribution in [1.82, 2.24) is 14.9 Å². The van der Waals surface area contributed by atoms with Crippen LogP contribution in [0.3, 0.4) is 0 Å². The summed E-state index contributed by atoms with van der Waals surface area (Å²) in [4.78, 5) is 17.8. The highest BCUT2D eigenvalue weighted by Crippen LogP contribution is 2.28. The third-order valence-corrected chi connectivity index (χ3v) is 6.64. The van der Waals surface area contributed by atoms with Crippen LogP contribution in [0.2, 0.25) is 0 Å². The van der Waals surface area contributed by atoms with Crippen molar-refractivity contribution in [2.45, 2.75) is 52.6 Å². The maximum atomic E-state index is 12.9. The maximum Gasteiger partial charge on any atom is 0.224 e. The fourth-order valence-corrected chi connectivity index (χ4v) is 4.61. The third kappa shape index (κ3) is 6.46. The van der Waals surface area contributed by atoms with Crippen molar-refractivity contribution >= 4 is 16.9 Å². The number of methoxy groups -OCH3 is 2. The number of fused-ring (bicyclic) bond motifs is 1. The van der Waals surface area contributed by atoms with Crippen LogP contribution in [0.5, 0.6) is 17.2 Å². The van der Waals surface area contributed by atoms with Crippen LogP contribution >= 0.6 is 0 Å². The molecule has 1 N–H and O–H groups in total. The number of amides is 1. The lowest BCUT2D eigenvalue weighted by atomic mass is 10.1. The molecule has 1 heterocycles. The van der Waals surface area contributed by atoms with Gasteiger partial charge in [-0.15, -0.1) is 0 Å². The highest BCUT2D eigenvalue weighted by Gasteiger charge is 2.19. The number of hydrogen-bond donors (Lipinski definition) is 1. The van der Waals surface area contributed by atoms with Gasteiger partial charge in [-0.05, 0) is 80.6 Å². The van der Waals surface area contributed by atoms with E-state index < -0.39 is 0 Å². The molecule has 4 aromatic rings. The zero-order valence-electron chi connectivity index (χ0n) is 22.9. The lowest BCUT2D eigenvalue weighted by molar-refractivity contribution is -0.121. The van der Waals surface area contributed by atoms with Gasteiger partial charge in [0, 0.05) is 6.54 Å². The second kappa shape index (κ2) is 12.5. The molecule has 3 aromatic carbocycles. The molecule has 0 aliphatic carbocycles. The molecule has 0 bridgehead atoms. The summed E-state index contributed by atoms with van der Waals surface area (Å²) < 4.78 is 18.9. The van der Waals surface area contributed by atoms with Crippen LogP contribution < -0.4 is 19.5 Å². The van der Waals surface area contributed by atoms with Gasteiger partial charge >= 0.3 is 0 Å². The number of imidazole rings is 1. The Balaban J connectivity index is 1.40. The van der Waals surface area contributed by atoms with Gasteiger partial charge in [0.15, 0.2) is 11.5 Å². The lowest BCUT2D eigenvalue weighted by Gasteiger charge is -2.17. The van der Waals surface area contributed by atoms with E-state index in [0.717, 1.165) is 53.1 Å². The van der Waals surface area contributed by atoms with E-state index in [1.54, 1.807) is 14.2 Å². The molecule has 0 saturated carbocycles. The first kappa shape index (κ1) is 27.0. The summed E-state index contributed by atoms with van der Waals surface area (Å²) in [5.41, 5.74) is 5.19. The van der Waals surface area contributed by atoms with Crippen LogP contribution in [0.4, 0.5) is 0 Å². The second-order valence-electron chi connectivity index (χ2n) is 9.59. The zero-order chi connectivity index (χ0) is 27.1. The summed E-state index contributed by atoms with van der Waals surface area (Å²) in [5.74, 6) is 2.96. The fraction of sp³-hybridized carbons (Fsp3) is 0.355. The van der Waals surface area contributed by atoms with Crippen LogP contribution in [-0.4, -0.2) is 36.3 Å². The molecule has 1 aromatic heterocycles. The predicted molar refractivity (Wildman–Crippen MR) is 150 cm³/mol. The van der Waals surface area contributed by atoms with Crippen molar-refractivity contribution in [1.29, 1.82) is 0 Å². The van der Waals surface area contributed by atoms with E-state index in [4.69, 9.17) is 19.2 Å². The standard InChI is InChI=1S/C31H37N3O4/c1-21-12-13-22(2)28(18-21)38-17-9-8-16-34-26-11-7-6-10-25(26)33-31(34)23(3)32-30(35)20-24-14-15-27(36-4)29(19-24)37-5/h6-7,10-15,18-19,23H,8-9,16-17,20H2,1-5H3,(H,32,35). The first-order valence-corrected chi connectivity index (χ1v) is 13.0. The SMILES string of the molecule is COc1ccc(CC(=O)NC(C)c2nc3ccccc3n2CCCCOc2cc(C)ccc2C)cc1OC. The summed E-state index contributed by atoms with van der Waals surface area (Å²) in [7, 11) is 3.18. The van der Waals surface area contributed by atoms with Gasteiger partial charge in [0.1, 0.15) is 11.6 Å². The van der Waals surface area contributed by atoms with Gasteiger partial charge in [-0.3, -0.25) is 4.79 Å². The molecule has 0 aliphatic heterocycles. The molecule has 38 heavy (non-hydrogen) atoms. The Hall–Kier alpha value is -4.00. The molecule has 0 spiro atoms. The van der Waals surface area contributed by atoms with Crippen molar-refractivity contribution < 1.29 is 19.0 Å². The van der Waals surface area contributed by atoms with Crippen molar-refractivity contribution in [3.05, 3.63) is 83.2 Å². The number of unbranched alkanes of at least 4 members (excludes halogenated alkanes) is 1. The highest BCUT2D eigenvalue weighted by atomic mass is 16.5. The summed E-state index contributed by atoms with van der Waals surface area (Å²) in [5, 5.41) is 3.13.